The number of rotatable bonds is 6. The maximum absolute atomic E-state index is 12.2. The maximum atomic E-state index is 12.2. The molecule has 0 amide bonds. The highest BCUT2D eigenvalue weighted by Gasteiger charge is 2.30. The van der Waals surface area contributed by atoms with Gasteiger partial charge < -0.3 is 4.52 Å². The maximum Gasteiger partial charge on any atom is 0.143 e. The smallest absolute Gasteiger partial charge is 0.143 e. The lowest BCUT2D eigenvalue weighted by atomic mass is 10.2. The van der Waals surface area contributed by atoms with Gasteiger partial charge in [-0.25, -0.2) is 0 Å². The quantitative estimate of drug-likeness (QED) is 0.819. The fraction of sp³-hybridized carbons (Fsp3) is 0.438. The molecule has 0 spiro atoms. The highest BCUT2D eigenvalue weighted by atomic mass is 32.2. The molecule has 1 aliphatic carbocycles. The Labute approximate surface area is 121 Å². The molecule has 1 unspecified atom stereocenters. The molecule has 0 aliphatic heterocycles. The molecule has 3 rings (SSSR count). The van der Waals surface area contributed by atoms with Crippen molar-refractivity contribution in [1.29, 1.82) is 0 Å². The second-order valence-corrected chi connectivity index (χ2v) is 6.99. The van der Waals surface area contributed by atoms with Crippen LogP contribution in [-0.2, 0) is 23.0 Å². The summed E-state index contributed by atoms with van der Waals surface area (Å²) in [6.45, 7) is 2.04. The molecule has 1 saturated carbocycles. The van der Waals surface area contributed by atoms with E-state index in [1.807, 2.05) is 25.1 Å². The zero-order valence-corrected chi connectivity index (χ0v) is 12.5. The zero-order chi connectivity index (χ0) is 13.9. The minimum Gasteiger partial charge on any atom is -0.361 e. The van der Waals surface area contributed by atoms with E-state index in [1.54, 1.807) is 0 Å². The predicted octanol–water partition coefficient (Wildman–Crippen LogP) is 3.35. The Bertz CT molecular complexity index is 602. The van der Waals surface area contributed by atoms with Gasteiger partial charge >= 0.3 is 0 Å². The molecule has 2 aromatic rings. The van der Waals surface area contributed by atoms with E-state index in [4.69, 9.17) is 4.52 Å². The molecular weight excluding hydrogens is 270 g/mol. The van der Waals surface area contributed by atoms with Crippen LogP contribution in [0.4, 0.5) is 0 Å². The Balaban J connectivity index is 1.56. The molecule has 0 radical (unpaired) electrons. The lowest BCUT2D eigenvalue weighted by molar-refractivity contribution is 0.379. The molecule has 1 fully saturated rings. The van der Waals surface area contributed by atoms with Crippen LogP contribution >= 0.6 is 0 Å². The zero-order valence-electron chi connectivity index (χ0n) is 11.7. The van der Waals surface area contributed by atoms with E-state index in [9.17, 15) is 4.21 Å². The Morgan fingerprint density at radius 2 is 2.05 bits per heavy atom. The van der Waals surface area contributed by atoms with Crippen LogP contribution in [0.15, 0.2) is 34.9 Å². The molecule has 1 aromatic heterocycles. The summed E-state index contributed by atoms with van der Waals surface area (Å²) in [6, 6.07) is 10.2. The number of aryl methyl sites for hydroxylation is 1. The third-order valence-corrected chi connectivity index (χ3v) is 5.02. The van der Waals surface area contributed by atoms with Crippen molar-refractivity contribution in [3.63, 3.8) is 0 Å². The van der Waals surface area contributed by atoms with E-state index in [2.05, 4.69) is 17.3 Å². The van der Waals surface area contributed by atoms with Gasteiger partial charge in [-0.1, -0.05) is 35.5 Å². The molecule has 0 bridgehead atoms. The van der Waals surface area contributed by atoms with Gasteiger partial charge in [-0.05, 0) is 31.7 Å². The molecule has 106 valence electrons. The van der Waals surface area contributed by atoms with Gasteiger partial charge in [0.1, 0.15) is 5.76 Å². The van der Waals surface area contributed by atoms with Gasteiger partial charge in [0.2, 0.25) is 0 Å². The van der Waals surface area contributed by atoms with Crippen molar-refractivity contribution < 1.29 is 8.73 Å². The lowest BCUT2D eigenvalue weighted by Crippen LogP contribution is -2.05. The number of aromatic nitrogens is 1. The summed E-state index contributed by atoms with van der Waals surface area (Å²) in [6.07, 6.45) is 3.25. The summed E-state index contributed by atoms with van der Waals surface area (Å²) in [5.41, 5.74) is 3.22. The van der Waals surface area contributed by atoms with Gasteiger partial charge in [-0.3, -0.25) is 4.21 Å². The molecule has 1 heterocycles. The van der Waals surface area contributed by atoms with Crippen molar-refractivity contribution in [3.05, 3.63) is 52.9 Å². The molecule has 4 heteroatoms. The second-order valence-electron chi connectivity index (χ2n) is 5.42. The minimum absolute atomic E-state index is 0.509. The topological polar surface area (TPSA) is 43.1 Å². The van der Waals surface area contributed by atoms with Crippen LogP contribution < -0.4 is 0 Å². The van der Waals surface area contributed by atoms with Crippen LogP contribution in [0.3, 0.4) is 0 Å². The van der Waals surface area contributed by atoms with Crippen LogP contribution in [0.25, 0.3) is 0 Å². The first kappa shape index (κ1) is 13.6. The standard InChI is InChI=1S/C16H19NO2S/c1-12-15(17-19-16(12)14-7-8-14)11-20(18)10-9-13-5-3-2-4-6-13/h2-6,14H,7-11H2,1H3. The van der Waals surface area contributed by atoms with Crippen LogP contribution in [0.1, 0.15) is 41.3 Å². The summed E-state index contributed by atoms with van der Waals surface area (Å²) in [7, 11) is -0.884. The SMILES string of the molecule is Cc1c(CS(=O)CCc2ccccc2)noc1C1CC1. The van der Waals surface area contributed by atoms with Gasteiger partial charge in [0.15, 0.2) is 0 Å². The van der Waals surface area contributed by atoms with Crippen LogP contribution in [0, 0.1) is 6.92 Å². The van der Waals surface area contributed by atoms with E-state index in [1.165, 1.54) is 18.4 Å². The number of hydrogen-bond acceptors (Lipinski definition) is 3. The molecule has 3 nitrogen and oxygen atoms in total. The number of hydrogen-bond donors (Lipinski definition) is 0. The average Bonchev–Trinajstić information content (AvgIpc) is 3.24. The van der Waals surface area contributed by atoms with E-state index in [-0.39, 0.29) is 0 Å². The third-order valence-electron chi connectivity index (χ3n) is 3.76. The second kappa shape index (κ2) is 5.92. The molecule has 1 aliphatic rings. The van der Waals surface area contributed by atoms with Crippen LogP contribution in [-0.4, -0.2) is 15.1 Å². The van der Waals surface area contributed by atoms with E-state index in [0.29, 0.717) is 17.4 Å². The van der Waals surface area contributed by atoms with E-state index < -0.39 is 10.8 Å². The lowest BCUT2D eigenvalue weighted by Gasteiger charge is -2.01. The van der Waals surface area contributed by atoms with E-state index >= 15 is 0 Å². The normalized spacial score (nSPS) is 16.2. The van der Waals surface area contributed by atoms with Crippen molar-refractivity contribution >= 4 is 10.8 Å². The van der Waals surface area contributed by atoms with Crippen molar-refractivity contribution in [1.82, 2.24) is 5.16 Å². The largest absolute Gasteiger partial charge is 0.361 e. The summed E-state index contributed by atoms with van der Waals surface area (Å²) in [5, 5.41) is 4.10. The first-order chi connectivity index (χ1) is 9.74. The minimum atomic E-state index is -0.884. The van der Waals surface area contributed by atoms with Crippen molar-refractivity contribution in [2.45, 2.75) is 37.9 Å². The van der Waals surface area contributed by atoms with Gasteiger partial charge in [0, 0.05) is 28.0 Å². The van der Waals surface area contributed by atoms with Gasteiger partial charge in [-0.15, -0.1) is 0 Å². The molecule has 0 N–H and O–H groups in total. The van der Waals surface area contributed by atoms with Crippen molar-refractivity contribution in [2.24, 2.45) is 0 Å². The van der Waals surface area contributed by atoms with Crippen LogP contribution in [0.5, 0.6) is 0 Å². The first-order valence-corrected chi connectivity index (χ1v) is 8.57. The fourth-order valence-electron chi connectivity index (χ4n) is 2.35. The Morgan fingerprint density at radius 1 is 1.30 bits per heavy atom. The van der Waals surface area contributed by atoms with E-state index in [0.717, 1.165) is 23.4 Å². The highest BCUT2D eigenvalue weighted by Crippen LogP contribution is 2.42. The number of benzene rings is 1. The van der Waals surface area contributed by atoms with Crippen molar-refractivity contribution in [2.75, 3.05) is 5.75 Å². The third kappa shape index (κ3) is 3.18. The monoisotopic (exact) mass is 289 g/mol. The Morgan fingerprint density at radius 3 is 2.75 bits per heavy atom. The highest BCUT2D eigenvalue weighted by molar-refractivity contribution is 7.84. The first-order valence-electron chi connectivity index (χ1n) is 7.08. The van der Waals surface area contributed by atoms with Crippen LogP contribution in [0.2, 0.25) is 0 Å². The molecule has 0 saturated heterocycles. The van der Waals surface area contributed by atoms with Crippen molar-refractivity contribution in [3.8, 4) is 0 Å². The molecule has 20 heavy (non-hydrogen) atoms. The number of nitrogens with zero attached hydrogens (tertiary/aromatic N) is 1. The summed E-state index contributed by atoms with van der Waals surface area (Å²) in [4.78, 5) is 0. The summed E-state index contributed by atoms with van der Waals surface area (Å²) in [5.74, 6) is 2.76. The Hall–Kier alpha value is -1.42. The predicted molar refractivity (Wildman–Crippen MR) is 80.1 cm³/mol. The molecule has 1 aromatic carbocycles. The van der Waals surface area contributed by atoms with Gasteiger partial charge in [0.25, 0.3) is 0 Å². The molecule has 1 atom stereocenters. The summed E-state index contributed by atoms with van der Waals surface area (Å²) >= 11 is 0. The van der Waals surface area contributed by atoms with Gasteiger partial charge in [-0.2, -0.15) is 0 Å². The summed E-state index contributed by atoms with van der Waals surface area (Å²) < 4.78 is 17.6. The average molecular weight is 289 g/mol. The van der Waals surface area contributed by atoms with Gasteiger partial charge in [0.05, 0.1) is 11.4 Å². The molecular formula is C16H19NO2S. The Kier molecular flexibility index (Phi) is 4.01. The fourth-order valence-corrected chi connectivity index (χ4v) is 3.53.